The van der Waals surface area contributed by atoms with Crippen LogP contribution in [0.1, 0.15) is 15.9 Å². The summed E-state index contributed by atoms with van der Waals surface area (Å²) in [6.45, 7) is 0.207. The molecule has 160 valence electrons. The topological polar surface area (TPSA) is 76.7 Å². The van der Waals surface area contributed by atoms with Crippen LogP contribution < -0.4 is 20.3 Å². The molecule has 8 heteroatoms. The summed E-state index contributed by atoms with van der Waals surface area (Å²) in [5, 5.41) is 0.747. The molecule has 0 aliphatic carbocycles. The second-order valence-corrected chi connectivity index (χ2v) is 7.32. The molecule has 3 aromatic rings. The number of nitrogens with one attached hydrogen (secondary N) is 2. The van der Waals surface area contributed by atoms with Crippen molar-refractivity contribution in [2.24, 2.45) is 0 Å². The molecule has 0 unspecified atom stereocenters. The Labute approximate surface area is 190 Å². The zero-order chi connectivity index (χ0) is 22.1. The zero-order valence-electron chi connectivity index (χ0n) is 16.4. The van der Waals surface area contributed by atoms with Crippen molar-refractivity contribution in [3.8, 4) is 11.5 Å². The lowest BCUT2D eigenvalue weighted by molar-refractivity contribution is -0.123. The van der Waals surface area contributed by atoms with Crippen LogP contribution in [0.25, 0.3) is 0 Å². The SMILES string of the molecule is O=C(COc1ccc(Cl)cc1Cl)NNC(=O)c1ccc(OCCc2ccccc2)cc1. The van der Waals surface area contributed by atoms with Gasteiger partial charge < -0.3 is 9.47 Å². The maximum absolute atomic E-state index is 12.2. The highest BCUT2D eigenvalue weighted by Gasteiger charge is 2.10. The van der Waals surface area contributed by atoms with Crippen LogP contribution in [0.5, 0.6) is 11.5 Å². The number of hydrogen-bond donors (Lipinski definition) is 2. The number of rotatable bonds is 8. The fourth-order valence-corrected chi connectivity index (χ4v) is 3.07. The average Bonchev–Trinajstić information content (AvgIpc) is 2.78. The molecule has 0 saturated carbocycles. The molecule has 0 aliphatic heterocycles. The maximum atomic E-state index is 12.2. The summed E-state index contributed by atoms with van der Waals surface area (Å²) < 4.78 is 11.0. The summed E-state index contributed by atoms with van der Waals surface area (Å²) >= 11 is 11.8. The van der Waals surface area contributed by atoms with E-state index in [-0.39, 0.29) is 11.6 Å². The van der Waals surface area contributed by atoms with Crippen molar-refractivity contribution in [3.63, 3.8) is 0 Å². The molecule has 3 aromatic carbocycles. The van der Waals surface area contributed by atoms with Gasteiger partial charge in [0.15, 0.2) is 6.61 Å². The molecule has 2 amide bonds. The highest BCUT2D eigenvalue weighted by atomic mass is 35.5. The van der Waals surface area contributed by atoms with Gasteiger partial charge in [0.1, 0.15) is 11.5 Å². The van der Waals surface area contributed by atoms with E-state index < -0.39 is 11.8 Å². The number of benzene rings is 3. The number of carbonyl (C=O) groups is 2. The van der Waals surface area contributed by atoms with Crippen molar-refractivity contribution in [1.82, 2.24) is 10.9 Å². The molecule has 0 saturated heterocycles. The van der Waals surface area contributed by atoms with Crippen molar-refractivity contribution in [1.29, 1.82) is 0 Å². The minimum Gasteiger partial charge on any atom is -0.493 e. The van der Waals surface area contributed by atoms with Gasteiger partial charge in [0.25, 0.3) is 11.8 Å². The molecule has 3 rings (SSSR count). The summed E-state index contributed by atoms with van der Waals surface area (Å²) in [6, 6.07) is 21.3. The minimum atomic E-state index is -0.541. The molecule has 6 nitrogen and oxygen atoms in total. The second kappa shape index (κ2) is 11.2. The molecule has 2 N–H and O–H groups in total. The minimum absolute atomic E-state index is 0.287. The Kier molecular flexibility index (Phi) is 8.15. The molecule has 0 heterocycles. The van der Waals surface area contributed by atoms with E-state index in [0.29, 0.717) is 28.7 Å². The third-order valence-corrected chi connectivity index (χ3v) is 4.72. The smallest absolute Gasteiger partial charge is 0.276 e. The van der Waals surface area contributed by atoms with Crippen molar-refractivity contribution in [3.05, 3.63) is 94.0 Å². The van der Waals surface area contributed by atoms with Crippen molar-refractivity contribution in [2.75, 3.05) is 13.2 Å². The molecule has 0 aromatic heterocycles. The van der Waals surface area contributed by atoms with E-state index in [0.717, 1.165) is 6.42 Å². The standard InChI is InChI=1S/C23H20Cl2N2O4/c24-18-8-11-21(20(25)14-18)31-15-22(28)26-27-23(29)17-6-9-19(10-7-17)30-13-12-16-4-2-1-3-5-16/h1-11,14H,12-13,15H2,(H,26,28)(H,27,29). The van der Waals surface area contributed by atoms with Gasteiger partial charge in [-0.25, -0.2) is 0 Å². The maximum Gasteiger partial charge on any atom is 0.276 e. The fourth-order valence-electron chi connectivity index (χ4n) is 2.60. The molecule has 0 aliphatic rings. The first-order chi connectivity index (χ1) is 15.0. The Morgan fingerprint density at radius 2 is 1.58 bits per heavy atom. The predicted octanol–water partition coefficient (Wildman–Crippen LogP) is 4.45. The fraction of sp³-hybridized carbons (Fsp3) is 0.130. The monoisotopic (exact) mass is 458 g/mol. The van der Waals surface area contributed by atoms with E-state index in [4.69, 9.17) is 32.7 Å². The van der Waals surface area contributed by atoms with Crippen LogP contribution in [0.2, 0.25) is 10.0 Å². The van der Waals surface area contributed by atoms with Crippen LogP contribution in [-0.4, -0.2) is 25.0 Å². The van der Waals surface area contributed by atoms with Crippen molar-refractivity contribution >= 4 is 35.0 Å². The van der Waals surface area contributed by atoms with Gasteiger partial charge in [0.2, 0.25) is 0 Å². The third kappa shape index (κ3) is 7.20. The zero-order valence-corrected chi connectivity index (χ0v) is 18.0. The van der Waals surface area contributed by atoms with E-state index in [1.54, 1.807) is 36.4 Å². The first kappa shape index (κ1) is 22.5. The Morgan fingerprint density at radius 3 is 2.29 bits per heavy atom. The van der Waals surface area contributed by atoms with Gasteiger partial charge in [-0.15, -0.1) is 0 Å². The van der Waals surface area contributed by atoms with Crippen LogP contribution in [0.15, 0.2) is 72.8 Å². The van der Waals surface area contributed by atoms with Gasteiger partial charge in [0, 0.05) is 17.0 Å². The van der Waals surface area contributed by atoms with Crippen molar-refractivity contribution < 1.29 is 19.1 Å². The van der Waals surface area contributed by atoms with E-state index in [2.05, 4.69) is 10.9 Å². The van der Waals surface area contributed by atoms with Gasteiger partial charge in [-0.05, 0) is 48.0 Å². The highest BCUT2D eigenvalue weighted by Crippen LogP contribution is 2.27. The molecular formula is C23H20Cl2N2O4. The Bertz CT molecular complexity index is 1030. The molecule has 0 radical (unpaired) electrons. The average molecular weight is 459 g/mol. The Hall–Kier alpha value is -3.22. The first-order valence-electron chi connectivity index (χ1n) is 9.45. The number of hydrogen-bond acceptors (Lipinski definition) is 4. The number of carbonyl (C=O) groups excluding carboxylic acids is 2. The number of halogens is 2. The van der Waals surface area contributed by atoms with E-state index in [9.17, 15) is 9.59 Å². The lowest BCUT2D eigenvalue weighted by Crippen LogP contribution is -2.43. The predicted molar refractivity (Wildman–Crippen MR) is 120 cm³/mol. The van der Waals surface area contributed by atoms with Crippen LogP contribution in [0, 0.1) is 0 Å². The lowest BCUT2D eigenvalue weighted by Gasteiger charge is -2.10. The summed E-state index contributed by atoms with van der Waals surface area (Å²) in [5.74, 6) is -0.0332. The summed E-state index contributed by atoms with van der Waals surface area (Å²) in [5.41, 5.74) is 6.18. The van der Waals surface area contributed by atoms with Gasteiger partial charge >= 0.3 is 0 Å². The largest absolute Gasteiger partial charge is 0.493 e. The normalized spacial score (nSPS) is 10.3. The number of amides is 2. The number of ether oxygens (including phenoxy) is 2. The first-order valence-corrected chi connectivity index (χ1v) is 10.2. The van der Waals surface area contributed by atoms with Crippen LogP contribution in [0.4, 0.5) is 0 Å². The second-order valence-electron chi connectivity index (χ2n) is 6.47. The Morgan fingerprint density at radius 1 is 0.839 bits per heavy atom. The van der Waals surface area contributed by atoms with Gasteiger partial charge in [-0.1, -0.05) is 53.5 Å². The van der Waals surface area contributed by atoms with Crippen LogP contribution in [0.3, 0.4) is 0 Å². The third-order valence-electron chi connectivity index (χ3n) is 4.19. The van der Waals surface area contributed by atoms with Gasteiger partial charge in [-0.2, -0.15) is 0 Å². The number of hydrazine groups is 1. The molecule has 0 bridgehead atoms. The van der Waals surface area contributed by atoms with Crippen molar-refractivity contribution in [2.45, 2.75) is 6.42 Å². The van der Waals surface area contributed by atoms with Gasteiger partial charge in [0.05, 0.1) is 11.6 Å². The van der Waals surface area contributed by atoms with E-state index >= 15 is 0 Å². The van der Waals surface area contributed by atoms with Gasteiger partial charge in [-0.3, -0.25) is 20.4 Å². The van der Waals surface area contributed by atoms with E-state index in [1.165, 1.54) is 11.6 Å². The quantitative estimate of drug-likeness (QED) is 0.488. The Balaban J connectivity index is 1.40. The molecule has 31 heavy (non-hydrogen) atoms. The summed E-state index contributed by atoms with van der Waals surface area (Å²) in [7, 11) is 0. The summed E-state index contributed by atoms with van der Waals surface area (Å²) in [4.78, 5) is 24.1. The molecule has 0 fully saturated rings. The highest BCUT2D eigenvalue weighted by molar-refractivity contribution is 6.35. The lowest BCUT2D eigenvalue weighted by atomic mass is 10.2. The molecule has 0 atom stereocenters. The molecular weight excluding hydrogens is 439 g/mol. The van der Waals surface area contributed by atoms with Crippen LogP contribution >= 0.6 is 23.2 Å². The van der Waals surface area contributed by atoms with E-state index in [1.807, 2.05) is 30.3 Å². The summed E-state index contributed by atoms with van der Waals surface area (Å²) in [6.07, 6.45) is 0.790. The molecule has 0 spiro atoms. The van der Waals surface area contributed by atoms with Crippen LogP contribution in [-0.2, 0) is 11.2 Å².